The normalized spacial score (nSPS) is 35.0. The van der Waals surface area contributed by atoms with Gasteiger partial charge in [-0.25, -0.2) is 4.39 Å². The summed E-state index contributed by atoms with van der Waals surface area (Å²) in [5.41, 5.74) is 3.90. The number of rotatable bonds is 3. The Balaban J connectivity index is 1.29. The van der Waals surface area contributed by atoms with Crippen molar-refractivity contribution in [3.8, 4) is 0 Å². The van der Waals surface area contributed by atoms with E-state index in [0.29, 0.717) is 23.7 Å². The van der Waals surface area contributed by atoms with Crippen molar-refractivity contribution in [1.82, 2.24) is 0 Å². The van der Waals surface area contributed by atoms with E-state index in [1.165, 1.54) is 36.8 Å². The van der Waals surface area contributed by atoms with Crippen LogP contribution in [-0.2, 0) is 9.47 Å². The molecule has 0 radical (unpaired) electrons. The summed E-state index contributed by atoms with van der Waals surface area (Å²) < 4.78 is 24.5. The van der Waals surface area contributed by atoms with E-state index in [0.717, 1.165) is 50.8 Å². The summed E-state index contributed by atoms with van der Waals surface area (Å²) in [6, 6.07) is 9.34. The van der Waals surface area contributed by atoms with Gasteiger partial charge in [0.15, 0.2) is 6.29 Å². The standard InChI is InChI=1S/C24H33FO2/c1-17-15-26-24(27-16-17)23-12-10-22(11-13-23)21-8-6-20(7-9-21)19-4-2-18(14-25)3-5-19/h6-9,14,17,19,22-24H,2-5,10-13,15-16H2,1H3. The fourth-order valence-corrected chi connectivity index (χ4v) is 5.08. The Morgan fingerprint density at radius 1 is 0.815 bits per heavy atom. The van der Waals surface area contributed by atoms with Gasteiger partial charge in [0, 0.05) is 11.8 Å². The Kier molecular flexibility index (Phi) is 6.29. The summed E-state index contributed by atoms with van der Waals surface area (Å²) >= 11 is 0. The summed E-state index contributed by atoms with van der Waals surface area (Å²) in [6.07, 6.45) is 9.71. The lowest BCUT2D eigenvalue weighted by atomic mass is 9.77. The molecule has 0 N–H and O–H groups in total. The summed E-state index contributed by atoms with van der Waals surface area (Å²) in [5.74, 6) is 2.36. The van der Waals surface area contributed by atoms with Gasteiger partial charge in [0.05, 0.1) is 19.5 Å². The Bertz CT molecular complexity index is 612. The molecule has 2 saturated carbocycles. The van der Waals surface area contributed by atoms with Crippen molar-refractivity contribution >= 4 is 0 Å². The van der Waals surface area contributed by atoms with Gasteiger partial charge in [0.1, 0.15) is 0 Å². The maximum Gasteiger partial charge on any atom is 0.160 e. The van der Waals surface area contributed by atoms with Crippen LogP contribution in [0.5, 0.6) is 0 Å². The first kappa shape index (κ1) is 19.1. The van der Waals surface area contributed by atoms with Crippen molar-refractivity contribution in [3.05, 3.63) is 47.3 Å². The number of halogens is 1. The van der Waals surface area contributed by atoms with Crippen molar-refractivity contribution in [1.29, 1.82) is 0 Å². The van der Waals surface area contributed by atoms with E-state index in [-0.39, 0.29) is 6.29 Å². The predicted molar refractivity (Wildman–Crippen MR) is 106 cm³/mol. The fraction of sp³-hybridized carbons (Fsp3) is 0.667. The largest absolute Gasteiger partial charge is 0.352 e. The van der Waals surface area contributed by atoms with Crippen LogP contribution in [0.4, 0.5) is 4.39 Å². The molecular weight excluding hydrogens is 339 g/mol. The second-order valence-corrected chi connectivity index (χ2v) is 8.96. The molecule has 2 aliphatic carbocycles. The van der Waals surface area contributed by atoms with E-state index in [9.17, 15) is 4.39 Å². The molecule has 0 atom stereocenters. The molecule has 2 nitrogen and oxygen atoms in total. The van der Waals surface area contributed by atoms with Crippen molar-refractivity contribution in [2.75, 3.05) is 13.2 Å². The lowest BCUT2D eigenvalue weighted by Gasteiger charge is -2.37. The Labute approximate surface area is 163 Å². The van der Waals surface area contributed by atoms with Gasteiger partial charge in [0.2, 0.25) is 0 Å². The fourth-order valence-electron chi connectivity index (χ4n) is 5.08. The van der Waals surface area contributed by atoms with Crippen molar-refractivity contribution in [2.45, 2.75) is 76.4 Å². The van der Waals surface area contributed by atoms with E-state index in [1.807, 2.05) is 0 Å². The molecule has 1 heterocycles. The van der Waals surface area contributed by atoms with E-state index in [2.05, 4.69) is 31.2 Å². The Morgan fingerprint density at radius 3 is 1.85 bits per heavy atom. The van der Waals surface area contributed by atoms with Crippen LogP contribution in [0.1, 0.15) is 81.3 Å². The summed E-state index contributed by atoms with van der Waals surface area (Å²) in [6.45, 7) is 3.87. The molecule has 0 aromatic heterocycles. The second kappa shape index (κ2) is 8.87. The van der Waals surface area contributed by atoms with Crippen LogP contribution in [0, 0.1) is 11.8 Å². The molecule has 3 aliphatic rings. The van der Waals surface area contributed by atoms with Crippen molar-refractivity contribution < 1.29 is 13.9 Å². The molecule has 27 heavy (non-hydrogen) atoms. The molecule has 4 rings (SSSR count). The third-order valence-electron chi connectivity index (χ3n) is 6.91. The highest BCUT2D eigenvalue weighted by molar-refractivity contribution is 5.29. The first-order valence-electron chi connectivity index (χ1n) is 10.8. The maximum absolute atomic E-state index is 12.7. The molecule has 3 heteroatoms. The van der Waals surface area contributed by atoms with E-state index in [4.69, 9.17) is 9.47 Å². The number of allylic oxidation sites excluding steroid dienone is 1. The highest BCUT2D eigenvalue weighted by atomic mass is 19.1. The molecule has 0 unspecified atom stereocenters. The van der Waals surface area contributed by atoms with Gasteiger partial charge < -0.3 is 9.47 Å². The van der Waals surface area contributed by atoms with Crippen LogP contribution in [0.25, 0.3) is 0 Å². The average Bonchev–Trinajstić information content (AvgIpc) is 2.75. The molecule has 0 bridgehead atoms. The Morgan fingerprint density at radius 2 is 1.33 bits per heavy atom. The summed E-state index contributed by atoms with van der Waals surface area (Å²) in [4.78, 5) is 0. The van der Waals surface area contributed by atoms with Gasteiger partial charge in [-0.1, -0.05) is 31.2 Å². The molecule has 0 amide bonds. The first-order valence-corrected chi connectivity index (χ1v) is 10.8. The summed E-state index contributed by atoms with van der Waals surface area (Å²) in [5, 5.41) is 0. The lowest BCUT2D eigenvalue weighted by molar-refractivity contribution is -0.226. The van der Waals surface area contributed by atoms with E-state index < -0.39 is 0 Å². The monoisotopic (exact) mass is 372 g/mol. The highest BCUT2D eigenvalue weighted by Gasteiger charge is 2.32. The van der Waals surface area contributed by atoms with Gasteiger partial charge in [0.25, 0.3) is 0 Å². The van der Waals surface area contributed by atoms with Crippen LogP contribution < -0.4 is 0 Å². The molecule has 0 spiro atoms. The summed E-state index contributed by atoms with van der Waals surface area (Å²) in [7, 11) is 0. The number of ether oxygens (including phenoxy) is 2. The van der Waals surface area contributed by atoms with Gasteiger partial charge >= 0.3 is 0 Å². The number of hydrogen-bond donors (Lipinski definition) is 0. The van der Waals surface area contributed by atoms with Crippen LogP contribution in [0.3, 0.4) is 0 Å². The maximum atomic E-state index is 12.7. The lowest BCUT2D eigenvalue weighted by Crippen LogP contribution is -2.37. The van der Waals surface area contributed by atoms with Crippen molar-refractivity contribution in [3.63, 3.8) is 0 Å². The minimum absolute atomic E-state index is 0.0269. The van der Waals surface area contributed by atoms with E-state index >= 15 is 0 Å². The quantitative estimate of drug-likeness (QED) is 0.604. The average molecular weight is 373 g/mol. The molecule has 3 fully saturated rings. The SMILES string of the molecule is CC1COC(C2CCC(c3ccc(C4CCC(=CF)CC4)cc3)CC2)OC1. The molecule has 1 aromatic carbocycles. The van der Waals surface area contributed by atoms with E-state index in [1.54, 1.807) is 0 Å². The van der Waals surface area contributed by atoms with Gasteiger partial charge in [-0.05, 0) is 79.9 Å². The topological polar surface area (TPSA) is 18.5 Å². The first-order chi connectivity index (χ1) is 13.2. The predicted octanol–water partition coefficient (Wildman–Crippen LogP) is 6.48. The van der Waals surface area contributed by atoms with Crippen molar-refractivity contribution in [2.24, 2.45) is 11.8 Å². The molecule has 1 aliphatic heterocycles. The smallest absolute Gasteiger partial charge is 0.160 e. The second-order valence-electron chi connectivity index (χ2n) is 8.96. The molecular formula is C24H33FO2. The van der Waals surface area contributed by atoms with Crippen LogP contribution >= 0.6 is 0 Å². The highest BCUT2D eigenvalue weighted by Crippen LogP contribution is 2.40. The zero-order valence-corrected chi connectivity index (χ0v) is 16.5. The van der Waals surface area contributed by atoms with Gasteiger partial charge in [-0.15, -0.1) is 0 Å². The van der Waals surface area contributed by atoms with Gasteiger partial charge in [-0.3, -0.25) is 0 Å². The minimum atomic E-state index is 0.0269. The third-order valence-corrected chi connectivity index (χ3v) is 6.91. The zero-order valence-electron chi connectivity index (χ0n) is 16.5. The Hall–Kier alpha value is -1.19. The minimum Gasteiger partial charge on any atom is -0.352 e. The van der Waals surface area contributed by atoms with Crippen LogP contribution in [0.15, 0.2) is 36.2 Å². The third kappa shape index (κ3) is 4.63. The number of benzene rings is 1. The molecule has 148 valence electrons. The van der Waals surface area contributed by atoms with Crippen LogP contribution in [0.2, 0.25) is 0 Å². The molecule has 1 saturated heterocycles. The van der Waals surface area contributed by atoms with Gasteiger partial charge in [-0.2, -0.15) is 0 Å². The van der Waals surface area contributed by atoms with Crippen LogP contribution in [-0.4, -0.2) is 19.5 Å². The molecule has 1 aromatic rings. The number of hydrogen-bond acceptors (Lipinski definition) is 2. The zero-order chi connectivity index (χ0) is 18.6.